The van der Waals surface area contributed by atoms with E-state index < -0.39 is 0 Å². The van der Waals surface area contributed by atoms with Crippen molar-refractivity contribution >= 4 is 11.0 Å². The zero-order valence-corrected chi connectivity index (χ0v) is 10.5. The molecule has 0 spiro atoms. The molecule has 0 aliphatic rings. The van der Waals surface area contributed by atoms with Gasteiger partial charge in [0.1, 0.15) is 0 Å². The largest absolute Gasteiger partial charge is 0.329 e. The highest BCUT2D eigenvalue weighted by Crippen LogP contribution is 2.13. The van der Waals surface area contributed by atoms with E-state index in [1.807, 2.05) is 45.6 Å². The number of benzene rings is 1. The van der Waals surface area contributed by atoms with Gasteiger partial charge in [0.25, 0.3) is 0 Å². The van der Waals surface area contributed by atoms with Crippen LogP contribution in [-0.2, 0) is 13.1 Å². The molecule has 1 aromatic carbocycles. The number of aryl methyl sites for hydroxylation is 2. The summed E-state index contributed by atoms with van der Waals surface area (Å²) in [4.78, 5) is 12.4. The first-order chi connectivity index (χ1) is 8.79. The summed E-state index contributed by atoms with van der Waals surface area (Å²) in [6.07, 6.45) is 5.27. The second-order valence-corrected chi connectivity index (χ2v) is 4.23. The van der Waals surface area contributed by atoms with Gasteiger partial charge in [0.15, 0.2) is 0 Å². The highest BCUT2D eigenvalue weighted by molar-refractivity contribution is 5.75. The maximum atomic E-state index is 12.4. The van der Waals surface area contributed by atoms with Crippen LogP contribution in [0.5, 0.6) is 0 Å². The highest BCUT2D eigenvalue weighted by atomic mass is 16.1. The van der Waals surface area contributed by atoms with Crippen molar-refractivity contribution in [1.29, 1.82) is 0 Å². The van der Waals surface area contributed by atoms with Crippen LogP contribution in [0.25, 0.3) is 11.0 Å². The third-order valence-corrected chi connectivity index (χ3v) is 3.04. The normalized spacial score (nSPS) is 10.7. The molecule has 2 rings (SSSR count). The molecule has 0 N–H and O–H groups in total. The molecule has 94 valence electrons. The van der Waals surface area contributed by atoms with Crippen LogP contribution in [0.15, 0.2) is 54.4 Å². The minimum Gasteiger partial charge on any atom is -0.292 e. The van der Waals surface area contributed by atoms with E-state index in [1.165, 1.54) is 0 Å². The Bertz CT molecular complexity index is 567. The number of allylic oxidation sites excluding steroid dienone is 2. The maximum Gasteiger partial charge on any atom is 0.329 e. The summed E-state index contributed by atoms with van der Waals surface area (Å²) in [5.41, 5.74) is 2.04. The lowest BCUT2D eigenvalue weighted by Crippen LogP contribution is -2.24. The Morgan fingerprint density at radius 2 is 1.39 bits per heavy atom. The topological polar surface area (TPSA) is 26.9 Å². The van der Waals surface area contributed by atoms with Crippen molar-refractivity contribution in [2.45, 2.75) is 25.9 Å². The molecule has 1 heterocycles. The highest BCUT2D eigenvalue weighted by Gasteiger charge is 2.10. The van der Waals surface area contributed by atoms with Crippen LogP contribution >= 0.6 is 0 Å². The van der Waals surface area contributed by atoms with E-state index in [4.69, 9.17) is 0 Å². The summed E-state index contributed by atoms with van der Waals surface area (Å²) in [5.74, 6) is 0. The smallest absolute Gasteiger partial charge is 0.292 e. The van der Waals surface area contributed by atoms with Crippen LogP contribution < -0.4 is 5.69 Å². The minimum atomic E-state index is 0.0555. The van der Waals surface area contributed by atoms with E-state index in [0.29, 0.717) is 13.1 Å². The van der Waals surface area contributed by atoms with Crippen molar-refractivity contribution in [3.63, 3.8) is 0 Å². The van der Waals surface area contributed by atoms with Crippen LogP contribution in [0, 0.1) is 0 Å². The van der Waals surface area contributed by atoms with Gasteiger partial charge in [-0.25, -0.2) is 4.79 Å². The Kier molecular flexibility index (Phi) is 3.82. The summed E-state index contributed by atoms with van der Waals surface area (Å²) in [6, 6.07) is 7.91. The van der Waals surface area contributed by atoms with Crippen molar-refractivity contribution in [2.24, 2.45) is 0 Å². The number of para-hydroxylation sites is 2. The number of aromatic nitrogens is 2. The summed E-state index contributed by atoms with van der Waals surface area (Å²) in [5, 5.41) is 0. The molecule has 0 radical (unpaired) electrons. The molecule has 3 nitrogen and oxygen atoms in total. The number of imidazole rings is 1. The van der Waals surface area contributed by atoms with Crippen LogP contribution in [0.1, 0.15) is 12.8 Å². The molecule has 0 unspecified atom stereocenters. The molecule has 0 bridgehead atoms. The molecule has 0 amide bonds. The van der Waals surface area contributed by atoms with Gasteiger partial charge < -0.3 is 0 Å². The van der Waals surface area contributed by atoms with Gasteiger partial charge in [-0.15, -0.1) is 13.2 Å². The standard InChI is InChI=1S/C15H18N2O/c1-3-5-11-16-13-9-7-8-10-14(13)17(15(16)18)12-6-4-2/h3-4,7-10H,1-2,5-6,11-12H2. The molecule has 0 fully saturated rings. The monoisotopic (exact) mass is 242 g/mol. The minimum absolute atomic E-state index is 0.0555. The lowest BCUT2D eigenvalue weighted by Gasteiger charge is -1.99. The number of hydrogen-bond donors (Lipinski definition) is 0. The fourth-order valence-electron chi connectivity index (χ4n) is 2.15. The second-order valence-electron chi connectivity index (χ2n) is 4.23. The third kappa shape index (κ3) is 2.16. The molecule has 0 saturated heterocycles. The Morgan fingerprint density at radius 3 is 1.78 bits per heavy atom. The van der Waals surface area contributed by atoms with Gasteiger partial charge in [-0.3, -0.25) is 9.13 Å². The maximum absolute atomic E-state index is 12.4. The predicted octanol–water partition coefficient (Wildman–Crippen LogP) is 2.96. The van der Waals surface area contributed by atoms with E-state index in [9.17, 15) is 4.79 Å². The van der Waals surface area contributed by atoms with E-state index >= 15 is 0 Å². The van der Waals surface area contributed by atoms with Gasteiger partial charge in [-0.1, -0.05) is 24.3 Å². The second kappa shape index (κ2) is 5.54. The molecule has 18 heavy (non-hydrogen) atoms. The van der Waals surface area contributed by atoms with Gasteiger partial charge in [-0.05, 0) is 25.0 Å². The molecule has 0 aliphatic carbocycles. The van der Waals surface area contributed by atoms with Crippen LogP contribution in [0.3, 0.4) is 0 Å². The van der Waals surface area contributed by atoms with Gasteiger partial charge in [-0.2, -0.15) is 0 Å². The molecule has 0 aliphatic heterocycles. The van der Waals surface area contributed by atoms with Crippen molar-refractivity contribution in [2.75, 3.05) is 0 Å². The summed E-state index contributed by atoms with van der Waals surface area (Å²) >= 11 is 0. The van der Waals surface area contributed by atoms with Crippen molar-refractivity contribution in [1.82, 2.24) is 9.13 Å². The Labute approximate surface area is 107 Å². The predicted molar refractivity (Wildman–Crippen MR) is 75.8 cm³/mol. The van der Waals surface area contributed by atoms with Crippen LogP contribution in [0.4, 0.5) is 0 Å². The van der Waals surface area contributed by atoms with E-state index in [2.05, 4.69) is 13.2 Å². The first kappa shape index (κ1) is 12.4. The van der Waals surface area contributed by atoms with Crippen LogP contribution in [-0.4, -0.2) is 9.13 Å². The number of nitrogens with zero attached hydrogens (tertiary/aromatic N) is 2. The molecule has 1 aromatic heterocycles. The zero-order chi connectivity index (χ0) is 13.0. The summed E-state index contributed by atoms with van der Waals surface area (Å²) in [7, 11) is 0. The number of hydrogen-bond acceptors (Lipinski definition) is 1. The molecular formula is C15H18N2O. The lowest BCUT2D eigenvalue weighted by molar-refractivity contribution is 0.631. The van der Waals surface area contributed by atoms with E-state index in [1.54, 1.807) is 0 Å². The Balaban J connectivity index is 2.55. The molecule has 3 heteroatoms. The summed E-state index contributed by atoms with van der Waals surface area (Å²) in [6.45, 7) is 8.78. The quantitative estimate of drug-likeness (QED) is 0.715. The Morgan fingerprint density at radius 1 is 0.944 bits per heavy atom. The third-order valence-electron chi connectivity index (χ3n) is 3.04. The SMILES string of the molecule is C=CCCn1c(=O)n(CCC=C)c2ccccc21. The average Bonchev–Trinajstić information content (AvgIpc) is 2.66. The van der Waals surface area contributed by atoms with Gasteiger partial charge in [0.2, 0.25) is 0 Å². The molecular weight excluding hydrogens is 224 g/mol. The van der Waals surface area contributed by atoms with Crippen molar-refractivity contribution in [3.05, 3.63) is 60.1 Å². The number of fused-ring (bicyclic) bond motifs is 1. The van der Waals surface area contributed by atoms with Crippen molar-refractivity contribution < 1.29 is 0 Å². The first-order valence-electron chi connectivity index (χ1n) is 6.19. The molecule has 0 saturated carbocycles. The van der Waals surface area contributed by atoms with E-state index in [0.717, 1.165) is 23.9 Å². The average molecular weight is 242 g/mol. The summed E-state index contributed by atoms with van der Waals surface area (Å²) < 4.78 is 3.64. The number of rotatable bonds is 6. The fraction of sp³-hybridized carbons (Fsp3) is 0.267. The van der Waals surface area contributed by atoms with Gasteiger partial charge in [0.05, 0.1) is 11.0 Å². The fourth-order valence-corrected chi connectivity index (χ4v) is 2.15. The van der Waals surface area contributed by atoms with Gasteiger partial charge >= 0.3 is 5.69 Å². The van der Waals surface area contributed by atoms with Gasteiger partial charge in [0, 0.05) is 13.1 Å². The van der Waals surface area contributed by atoms with E-state index in [-0.39, 0.29) is 5.69 Å². The molecule has 2 aromatic rings. The Hall–Kier alpha value is -2.03. The lowest BCUT2D eigenvalue weighted by atomic mass is 10.3. The first-order valence-corrected chi connectivity index (χ1v) is 6.19. The van der Waals surface area contributed by atoms with Crippen LogP contribution in [0.2, 0.25) is 0 Å². The van der Waals surface area contributed by atoms with Crippen molar-refractivity contribution in [3.8, 4) is 0 Å². The zero-order valence-electron chi connectivity index (χ0n) is 10.5. The molecule has 0 atom stereocenters.